The fourth-order valence-corrected chi connectivity index (χ4v) is 2.40. The summed E-state index contributed by atoms with van der Waals surface area (Å²) in [5.74, 6) is -0.222. The first-order chi connectivity index (χ1) is 9.16. The van der Waals surface area contributed by atoms with Crippen molar-refractivity contribution in [3.63, 3.8) is 0 Å². The van der Waals surface area contributed by atoms with Crippen molar-refractivity contribution in [2.24, 2.45) is 0 Å². The van der Waals surface area contributed by atoms with Crippen LogP contribution in [0.3, 0.4) is 0 Å². The van der Waals surface area contributed by atoms with Gasteiger partial charge in [0, 0.05) is 25.2 Å². The summed E-state index contributed by atoms with van der Waals surface area (Å²) in [7, 11) is 0. The minimum Gasteiger partial charge on any atom is -0.476 e. The molecule has 2 aromatic rings. The number of hydrogen-bond donors (Lipinski definition) is 2. The average Bonchev–Trinajstić information content (AvgIpc) is 2.79. The Morgan fingerprint density at radius 2 is 2.11 bits per heavy atom. The fraction of sp³-hybridized carbons (Fsp3) is 0.286. The number of carboxylic acid groups (broad SMARTS) is 1. The fourth-order valence-electron chi connectivity index (χ4n) is 2.40. The number of aromatic carboxylic acids is 1. The molecule has 1 aliphatic rings. The van der Waals surface area contributed by atoms with Crippen molar-refractivity contribution >= 4 is 5.97 Å². The molecule has 0 aliphatic carbocycles. The van der Waals surface area contributed by atoms with Crippen LogP contribution in [0.4, 0.5) is 0 Å². The molecule has 3 rings (SSSR count). The van der Waals surface area contributed by atoms with Crippen molar-refractivity contribution < 1.29 is 9.90 Å². The standard InChI is InChI=1S/C14H15N3O2/c1-9-2-4-10(5-3-9)13-16-12(14(18)19)11-8-15-6-7-17(11)13/h2-5,15H,6-8H2,1H3,(H,18,19). The van der Waals surface area contributed by atoms with Crippen LogP contribution in [0.1, 0.15) is 21.7 Å². The number of imidazole rings is 1. The Balaban J connectivity index is 2.16. The van der Waals surface area contributed by atoms with Gasteiger partial charge in [0.2, 0.25) is 0 Å². The van der Waals surface area contributed by atoms with Gasteiger partial charge in [-0.2, -0.15) is 0 Å². The van der Waals surface area contributed by atoms with Gasteiger partial charge in [-0.25, -0.2) is 9.78 Å². The molecule has 0 fully saturated rings. The third-order valence-electron chi connectivity index (χ3n) is 3.39. The number of nitrogens with one attached hydrogen (secondary N) is 1. The summed E-state index contributed by atoms with van der Waals surface area (Å²) in [6, 6.07) is 7.99. The van der Waals surface area contributed by atoms with Crippen LogP contribution >= 0.6 is 0 Å². The lowest BCUT2D eigenvalue weighted by Crippen LogP contribution is -2.29. The lowest BCUT2D eigenvalue weighted by molar-refractivity contribution is 0.0689. The zero-order valence-electron chi connectivity index (χ0n) is 10.7. The molecule has 0 saturated carbocycles. The molecule has 98 valence electrons. The van der Waals surface area contributed by atoms with Crippen LogP contribution in [0, 0.1) is 6.92 Å². The maximum absolute atomic E-state index is 11.3. The van der Waals surface area contributed by atoms with Crippen LogP contribution in [0.25, 0.3) is 11.4 Å². The van der Waals surface area contributed by atoms with Gasteiger partial charge in [-0.15, -0.1) is 0 Å². The molecule has 0 spiro atoms. The van der Waals surface area contributed by atoms with Crippen molar-refractivity contribution in [2.75, 3.05) is 6.54 Å². The maximum atomic E-state index is 11.3. The van der Waals surface area contributed by atoms with E-state index in [1.807, 2.05) is 35.8 Å². The maximum Gasteiger partial charge on any atom is 0.356 e. The Bertz CT molecular complexity index is 629. The second kappa shape index (κ2) is 4.51. The monoisotopic (exact) mass is 257 g/mol. The highest BCUT2D eigenvalue weighted by atomic mass is 16.4. The number of aromatic nitrogens is 2. The van der Waals surface area contributed by atoms with E-state index in [0.29, 0.717) is 6.54 Å². The highest BCUT2D eigenvalue weighted by molar-refractivity contribution is 5.88. The van der Waals surface area contributed by atoms with Crippen molar-refractivity contribution in [1.82, 2.24) is 14.9 Å². The van der Waals surface area contributed by atoms with Gasteiger partial charge in [0.1, 0.15) is 5.82 Å². The SMILES string of the molecule is Cc1ccc(-c2nc(C(=O)O)c3n2CCNC3)cc1. The largest absolute Gasteiger partial charge is 0.476 e. The molecule has 5 heteroatoms. The lowest BCUT2D eigenvalue weighted by Gasteiger charge is -2.18. The van der Waals surface area contributed by atoms with Crippen LogP contribution in [0.5, 0.6) is 0 Å². The lowest BCUT2D eigenvalue weighted by atomic mass is 10.1. The Labute approximate surface area is 110 Å². The number of nitrogens with zero attached hydrogens (tertiary/aromatic N) is 2. The highest BCUT2D eigenvalue weighted by Crippen LogP contribution is 2.24. The van der Waals surface area contributed by atoms with Crippen molar-refractivity contribution in [3.05, 3.63) is 41.2 Å². The van der Waals surface area contributed by atoms with E-state index in [1.165, 1.54) is 5.56 Å². The summed E-state index contributed by atoms with van der Waals surface area (Å²) < 4.78 is 2.00. The summed E-state index contributed by atoms with van der Waals surface area (Å²) in [5, 5.41) is 12.4. The average molecular weight is 257 g/mol. The first kappa shape index (κ1) is 11.9. The summed E-state index contributed by atoms with van der Waals surface area (Å²) in [5.41, 5.74) is 3.05. The van der Waals surface area contributed by atoms with E-state index in [0.717, 1.165) is 30.2 Å². The third-order valence-corrected chi connectivity index (χ3v) is 3.39. The molecule has 1 aromatic carbocycles. The zero-order valence-corrected chi connectivity index (χ0v) is 10.7. The van der Waals surface area contributed by atoms with Crippen molar-refractivity contribution in [1.29, 1.82) is 0 Å². The van der Waals surface area contributed by atoms with Crippen LogP contribution < -0.4 is 5.32 Å². The summed E-state index contributed by atoms with van der Waals surface area (Å²) in [6.45, 7) is 4.16. The van der Waals surface area contributed by atoms with E-state index in [-0.39, 0.29) is 5.69 Å². The number of rotatable bonds is 2. The first-order valence-corrected chi connectivity index (χ1v) is 6.27. The molecule has 0 bridgehead atoms. The van der Waals surface area contributed by atoms with Gasteiger partial charge in [0.25, 0.3) is 0 Å². The number of carbonyl (C=O) groups is 1. The van der Waals surface area contributed by atoms with Crippen LogP contribution in [0.2, 0.25) is 0 Å². The van der Waals surface area contributed by atoms with Gasteiger partial charge >= 0.3 is 5.97 Å². The van der Waals surface area contributed by atoms with E-state index < -0.39 is 5.97 Å². The van der Waals surface area contributed by atoms with Gasteiger partial charge in [-0.1, -0.05) is 29.8 Å². The highest BCUT2D eigenvalue weighted by Gasteiger charge is 2.24. The first-order valence-electron chi connectivity index (χ1n) is 6.27. The Kier molecular flexibility index (Phi) is 2.83. The second-order valence-corrected chi connectivity index (χ2v) is 4.73. The summed E-state index contributed by atoms with van der Waals surface area (Å²) in [6.07, 6.45) is 0. The predicted octanol–water partition coefficient (Wildman–Crippen LogP) is 1.66. The van der Waals surface area contributed by atoms with Crippen LogP contribution in [-0.2, 0) is 13.1 Å². The minimum absolute atomic E-state index is 0.155. The molecule has 0 radical (unpaired) electrons. The Morgan fingerprint density at radius 1 is 1.37 bits per heavy atom. The molecule has 0 unspecified atom stereocenters. The van der Waals surface area contributed by atoms with E-state index >= 15 is 0 Å². The van der Waals surface area contributed by atoms with Crippen molar-refractivity contribution in [2.45, 2.75) is 20.0 Å². The minimum atomic E-state index is -0.967. The molecule has 2 heterocycles. The predicted molar refractivity (Wildman–Crippen MR) is 71.1 cm³/mol. The molecule has 0 atom stereocenters. The van der Waals surface area contributed by atoms with E-state index in [4.69, 9.17) is 0 Å². The molecule has 0 amide bonds. The number of fused-ring (bicyclic) bond motifs is 1. The van der Waals surface area contributed by atoms with Crippen molar-refractivity contribution in [3.8, 4) is 11.4 Å². The molecule has 1 aromatic heterocycles. The molecule has 1 aliphatic heterocycles. The molecule has 19 heavy (non-hydrogen) atoms. The number of benzene rings is 1. The normalized spacial score (nSPS) is 14.2. The summed E-state index contributed by atoms with van der Waals surface area (Å²) in [4.78, 5) is 15.6. The van der Waals surface area contributed by atoms with Gasteiger partial charge in [0.05, 0.1) is 5.69 Å². The second-order valence-electron chi connectivity index (χ2n) is 4.73. The number of aryl methyl sites for hydroxylation is 1. The topological polar surface area (TPSA) is 67.1 Å². The number of carboxylic acids is 1. The molecule has 0 saturated heterocycles. The van der Waals surface area contributed by atoms with E-state index in [9.17, 15) is 9.90 Å². The van der Waals surface area contributed by atoms with Gasteiger partial charge < -0.3 is 15.0 Å². The Hall–Kier alpha value is -2.14. The molecular weight excluding hydrogens is 242 g/mol. The van der Waals surface area contributed by atoms with Gasteiger partial charge in [-0.3, -0.25) is 0 Å². The van der Waals surface area contributed by atoms with Gasteiger partial charge in [0.15, 0.2) is 5.69 Å². The van der Waals surface area contributed by atoms with Gasteiger partial charge in [-0.05, 0) is 6.92 Å². The molecule has 2 N–H and O–H groups in total. The number of hydrogen-bond acceptors (Lipinski definition) is 3. The third kappa shape index (κ3) is 2.02. The Morgan fingerprint density at radius 3 is 2.79 bits per heavy atom. The van der Waals surface area contributed by atoms with Crippen LogP contribution in [0.15, 0.2) is 24.3 Å². The smallest absolute Gasteiger partial charge is 0.356 e. The van der Waals surface area contributed by atoms with E-state index in [2.05, 4.69) is 10.3 Å². The molecular formula is C14H15N3O2. The quantitative estimate of drug-likeness (QED) is 0.858. The van der Waals surface area contributed by atoms with E-state index in [1.54, 1.807) is 0 Å². The van der Waals surface area contributed by atoms with Crippen LogP contribution in [-0.4, -0.2) is 27.2 Å². The zero-order chi connectivity index (χ0) is 13.4. The molecule has 5 nitrogen and oxygen atoms in total. The summed E-state index contributed by atoms with van der Waals surface area (Å²) >= 11 is 0.